The topological polar surface area (TPSA) is 63.2 Å². The van der Waals surface area contributed by atoms with Gasteiger partial charge in [0, 0.05) is 25.2 Å². The van der Waals surface area contributed by atoms with E-state index >= 15 is 0 Å². The van der Waals surface area contributed by atoms with E-state index in [0.717, 1.165) is 31.5 Å². The van der Waals surface area contributed by atoms with Crippen molar-refractivity contribution >= 4 is 30.7 Å². The fourth-order valence-electron chi connectivity index (χ4n) is 3.38. The third kappa shape index (κ3) is 8.17. The van der Waals surface area contributed by atoms with Crippen LogP contribution in [-0.2, 0) is 11.3 Å². The summed E-state index contributed by atoms with van der Waals surface area (Å²) in [5, 5.41) is 6.34. The van der Waals surface area contributed by atoms with Crippen LogP contribution in [0.3, 0.4) is 0 Å². The molecular weight excluding hydrogens is 416 g/mol. The third-order valence-corrected chi connectivity index (χ3v) is 5.02. The Morgan fingerprint density at radius 1 is 1.24 bits per heavy atom. The summed E-state index contributed by atoms with van der Waals surface area (Å²) in [6.45, 7) is 4.69. The molecule has 1 amide bonds. The summed E-state index contributed by atoms with van der Waals surface area (Å²) < 4.78 is 18.6. The fraction of sp³-hybridized carbons (Fsp3) is 0.429. The molecule has 160 valence electrons. The number of rotatable bonds is 7. The van der Waals surface area contributed by atoms with Gasteiger partial charge in [0.15, 0.2) is 0 Å². The normalized spacial score (nSPS) is 14.8. The number of aromatic nitrogens is 1. The summed E-state index contributed by atoms with van der Waals surface area (Å²) >= 11 is 0. The first-order chi connectivity index (χ1) is 13.1. The van der Waals surface area contributed by atoms with E-state index in [-0.39, 0.29) is 36.5 Å². The second-order valence-electron chi connectivity index (χ2n) is 7.10. The largest absolute Gasteiger partial charge is 0.439 e. The van der Waals surface area contributed by atoms with Gasteiger partial charge >= 0.3 is 0 Å². The van der Waals surface area contributed by atoms with Crippen LogP contribution in [-0.4, -0.2) is 24.0 Å². The molecule has 1 fully saturated rings. The lowest BCUT2D eigenvalue weighted by Gasteiger charge is -2.27. The molecule has 1 unspecified atom stereocenters. The molecule has 0 radical (unpaired) electrons. The number of nitrogens with zero attached hydrogens (tertiary/aromatic N) is 1. The zero-order valence-electron chi connectivity index (χ0n) is 16.4. The van der Waals surface area contributed by atoms with E-state index < -0.39 is 0 Å². The minimum atomic E-state index is -0.314. The van der Waals surface area contributed by atoms with Crippen LogP contribution in [0.2, 0.25) is 0 Å². The number of carbonyl (C=O) groups excluding carboxylic acids is 1. The molecule has 2 N–H and O–H groups in total. The van der Waals surface area contributed by atoms with E-state index in [9.17, 15) is 9.18 Å². The Morgan fingerprint density at radius 2 is 1.93 bits per heavy atom. The van der Waals surface area contributed by atoms with Crippen molar-refractivity contribution in [3.05, 3.63) is 54.0 Å². The number of hydrogen-bond acceptors (Lipinski definition) is 4. The summed E-state index contributed by atoms with van der Waals surface area (Å²) in [5.41, 5.74) is 0.907. The van der Waals surface area contributed by atoms with Gasteiger partial charge in [0.25, 0.3) is 0 Å². The molecule has 5 nitrogen and oxygen atoms in total. The van der Waals surface area contributed by atoms with Gasteiger partial charge in [0.2, 0.25) is 11.8 Å². The van der Waals surface area contributed by atoms with Crippen LogP contribution in [0, 0.1) is 17.7 Å². The van der Waals surface area contributed by atoms with Crippen LogP contribution in [0.1, 0.15) is 31.7 Å². The summed E-state index contributed by atoms with van der Waals surface area (Å²) in [5.74, 6) is 1.69. The molecule has 1 aromatic heterocycles. The first kappa shape index (κ1) is 25.1. The van der Waals surface area contributed by atoms with Gasteiger partial charge in [-0.25, -0.2) is 9.37 Å². The van der Waals surface area contributed by atoms with Crippen molar-refractivity contribution in [3.63, 3.8) is 0 Å². The molecule has 0 aliphatic carbocycles. The maximum absolute atomic E-state index is 13.0. The third-order valence-electron chi connectivity index (χ3n) is 5.02. The molecule has 1 atom stereocenters. The van der Waals surface area contributed by atoms with Gasteiger partial charge in [0.1, 0.15) is 11.6 Å². The van der Waals surface area contributed by atoms with E-state index in [0.29, 0.717) is 36.4 Å². The van der Waals surface area contributed by atoms with Gasteiger partial charge in [-0.2, -0.15) is 0 Å². The van der Waals surface area contributed by atoms with Crippen LogP contribution in [0.25, 0.3) is 0 Å². The van der Waals surface area contributed by atoms with Crippen molar-refractivity contribution in [2.75, 3.05) is 13.1 Å². The molecule has 0 spiro atoms. The fourth-order valence-corrected chi connectivity index (χ4v) is 3.38. The highest BCUT2D eigenvalue weighted by atomic mass is 35.5. The van der Waals surface area contributed by atoms with E-state index in [2.05, 4.69) is 22.5 Å². The van der Waals surface area contributed by atoms with Gasteiger partial charge in [-0.05, 0) is 73.7 Å². The Balaban J connectivity index is 0.00000210. The number of ether oxygens (including phenoxy) is 1. The molecule has 2 aromatic rings. The van der Waals surface area contributed by atoms with Gasteiger partial charge in [-0.1, -0.05) is 6.92 Å². The van der Waals surface area contributed by atoms with Crippen molar-refractivity contribution < 1.29 is 13.9 Å². The van der Waals surface area contributed by atoms with Crippen LogP contribution in [0.4, 0.5) is 4.39 Å². The van der Waals surface area contributed by atoms with Gasteiger partial charge in [0.05, 0.1) is 0 Å². The molecule has 1 saturated heterocycles. The first-order valence-electron chi connectivity index (χ1n) is 9.46. The molecule has 0 bridgehead atoms. The molecular formula is C21H28Cl2FN3O2. The molecule has 29 heavy (non-hydrogen) atoms. The van der Waals surface area contributed by atoms with Gasteiger partial charge in [-0.3, -0.25) is 4.79 Å². The smallest absolute Gasteiger partial charge is 0.220 e. The highest BCUT2D eigenvalue weighted by Crippen LogP contribution is 2.24. The minimum absolute atomic E-state index is 0. The maximum atomic E-state index is 13.0. The van der Waals surface area contributed by atoms with E-state index in [1.807, 2.05) is 6.07 Å². The minimum Gasteiger partial charge on any atom is -0.439 e. The number of halogens is 3. The summed E-state index contributed by atoms with van der Waals surface area (Å²) in [6.07, 6.45) is 4.47. The lowest BCUT2D eigenvalue weighted by Crippen LogP contribution is -2.33. The van der Waals surface area contributed by atoms with Crippen LogP contribution >= 0.6 is 24.8 Å². The van der Waals surface area contributed by atoms with E-state index in [1.54, 1.807) is 24.4 Å². The Labute approximate surface area is 183 Å². The number of piperidine rings is 1. The van der Waals surface area contributed by atoms with Crippen molar-refractivity contribution in [3.8, 4) is 11.6 Å². The number of carbonyl (C=O) groups is 1. The molecule has 0 saturated carbocycles. The maximum Gasteiger partial charge on any atom is 0.220 e. The zero-order chi connectivity index (χ0) is 19.1. The van der Waals surface area contributed by atoms with Crippen LogP contribution in [0.5, 0.6) is 11.6 Å². The van der Waals surface area contributed by atoms with Crippen molar-refractivity contribution in [1.29, 1.82) is 0 Å². The highest BCUT2D eigenvalue weighted by Gasteiger charge is 2.21. The lowest BCUT2D eigenvalue weighted by atomic mass is 9.84. The number of amides is 1. The average molecular weight is 444 g/mol. The second-order valence-corrected chi connectivity index (χ2v) is 7.10. The number of pyridine rings is 1. The summed E-state index contributed by atoms with van der Waals surface area (Å²) in [6, 6.07) is 9.39. The quantitative estimate of drug-likeness (QED) is 0.660. The summed E-state index contributed by atoms with van der Waals surface area (Å²) in [7, 11) is 0. The van der Waals surface area contributed by atoms with Gasteiger partial charge < -0.3 is 15.4 Å². The Kier molecular flexibility index (Phi) is 10.9. The standard InChI is InChI=1S/C21H26FN3O2.2ClH/c1-15(17-7-9-23-10-8-17)12-20(26)25-14-16-6-11-24-21(13-16)27-19-4-2-18(22)3-5-19;;/h2-6,11,13,15,17,23H,7-10,12,14H2,1H3,(H,25,26);2*1H. The number of hydrogen-bond donors (Lipinski definition) is 2. The first-order valence-corrected chi connectivity index (χ1v) is 9.46. The highest BCUT2D eigenvalue weighted by molar-refractivity contribution is 5.85. The molecule has 1 aliphatic heterocycles. The molecule has 8 heteroatoms. The van der Waals surface area contributed by atoms with Crippen molar-refractivity contribution in [1.82, 2.24) is 15.6 Å². The predicted octanol–water partition coefficient (Wildman–Crippen LogP) is 4.50. The monoisotopic (exact) mass is 443 g/mol. The average Bonchev–Trinajstić information content (AvgIpc) is 2.69. The summed E-state index contributed by atoms with van der Waals surface area (Å²) in [4.78, 5) is 16.4. The van der Waals surface area contributed by atoms with E-state index in [4.69, 9.17) is 4.74 Å². The van der Waals surface area contributed by atoms with Crippen LogP contribution in [0.15, 0.2) is 42.6 Å². The molecule has 1 aliphatic rings. The second kappa shape index (κ2) is 12.6. The Morgan fingerprint density at radius 3 is 2.62 bits per heavy atom. The van der Waals surface area contributed by atoms with Crippen molar-refractivity contribution in [2.45, 2.75) is 32.7 Å². The van der Waals surface area contributed by atoms with Gasteiger partial charge in [-0.15, -0.1) is 24.8 Å². The SMILES string of the molecule is CC(CC(=O)NCc1ccnc(Oc2ccc(F)cc2)c1)C1CCNCC1.Cl.Cl. The Bertz CT molecular complexity index is 756. The zero-order valence-corrected chi connectivity index (χ0v) is 18.0. The Hall–Kier alpha value is -1.89. The molecule has 3 rings (SSSR count). The number of nitrogens with one attached hydrogen (secondary N) is 2. The lowest BCUT2D eigenvalue weighted by molar-refractivity contribution is -0.122. The number of benzene rings is 1. The molecule has 1 aromatic carbocycles. The van der Waals surface area contributed by atoms with Crippen molar-refractivity contribution in [2.24, 2.45) is 11.8 Å². The van der Waals surface area contributed by atoms with E-state index in [1.165, 1.54) is 12.1 Å². The molecule has 2 heterocycles. The predicted molar refractivity (Wildman–Crippen MR) is 116 cm³/mol. The van der Waals surface area contributed by atoms with Crippen LogP contribution < -0.4 is 15.4 Å².